The minimum Gasteiger partial charge on any atom is -0.484 e. The third-order valence-corrected chi connectivity index (χ3v) is 6.15. The highest BCUT2D eigenvalue weighted by atomic mass is 32.1. The summed E-state index contributed by atoms with van der Waals surface area (Å²) < 4.78 is 17.4. The molecule has 1 amide bonds. The highest BCUT2D eigenvalue weighted by molar-refractivity contribution is 7.13. The minimum atomic E-state index is -0.223. The molecule has 2 aliphatic heterocycles. The van der Waals surface area contributed by atoms with E-state index in [1.54, 1.807) is 17.5 Å². The number of nitrogens with zero attached hydrogens (tertiary/aromatic N) is 2. The molecule has 0 unspecified atom stereocenters. The normalized spacial score (nSPS) is 24.5. The fourth-order valence-corrected chi connectivity index (χ4v) is 4.51. The summed E-state index contributed by atoms with van der Waals surface area (Å²) in [5.74, 6) is 0.988. The first-order chi connectivity index (χ1) is 15.3. The zero-order valence-electron chi connectivity index (χ0n) is 16.6. The van der Waals surface area contributed by atoms with Crippen LogP contribution in [-0.4, -0.2) is 60.0 Å². The van der Waals surface area contributed by atoms with Crippen molar-refractivity contribution in [2.75, 3.05) is 25.1 Å². The summed E-state index contributed by atoms with van der Waals surface area (Å²) in [6, 6.07) is 14.9. The van der Waals surface area contributed by atoms with Crippen LogP contribution < -0.4 is 15.4 Å². The molecule has 160 valence electrons. The summed E-state index contributed by atoms with van der Waals surface area (Å²) in [5, 5.41) is 8.31. The lowest BCUT2D eigenvalue weighted by Gasteiger charge is -2.18. The summed E-state index contributed by atoms with van der Waals surface area (Å²) in [6.45, 7) is 0.790. The van der Waals surface area contributed by atoms with Crippen LogP contribution >= 0.6 is 11.3 Å². The molecule has 9 heteroatoms. The van der Waals surface area contributed by atoms with Crippen LogP contribution in [0.2, 0.25) is 0 Å². The Morgan fingerprint density at radius 1 is 1.06 bits per heavy atom. The smallest absolute Gasteiger partial charge is 0.258 e. The number of hydrogen-bond donors (Lipinski definition) is 2. The molecule has 5 rings (SSSR count). The Balaban J connectivity index is 1.16. The molecule has 4 atom stereocenters. The lowest BCUT2D eigenvalue weighted by atomic mass is 10.1. The maximum absolute atomic E-state index is 12.3. The molecule has 8 nitrogen and oxygen atoms in total. The Morgan fingerprint density at radius 3 is 2.68 bits per heavy atom. The van der Waals surface area contributed by atoms with Gasteiger partial charge < -0.3 is 24.8 Å². The van der Waals surface area contributed by atoms with Crippen molar-refractivity contribution in [3.8, 4) is 16.3 Å². The quantitative estimate of drug-likeness (QED) is 0.585. The fourth-order valence-electron chi connectivity index (χ4n) is 3.82. The second kappa shape index (κ2) is 9.01. The molecule has 0 bridgehead atoms. The number of anilines is 1. The molecular weight excluding hydrogens is 416 g/mol. The number of amides is 1. The van der Waals surface area contributed by atoms with Gasteiger partial charge in [-0.3, -0.25) is 4.79 Å². The first kappa shape index (κ1) is 19.9. The molecule has 0 spiro atoms. The van der Waals surface area contributed by atoms with E-state index in [1.807, 2.05) is 53.9 Å². The van der Waals surface area contributed by atoms with Gasteiger partial charge in [0.05, 0.1) is 35.9 Å². The Kier molecular flexibility index (Phi) is 5.79. The molecule has 2 N–H and O–H groups in total. The first-order valence-corrected chi connectivity index (χ1v) is 11.0. The topological polar surface area (TPSA) is 94.6 Å². The van der Waals surface area contributed by atoms with E-state index >= 15 is 0 Å². The number of benzene rings is 1. The summed E-state index contributed by atoms with van der Waals surface area (Å²) >= 11 is 1.63. The number of para-hydroxylation sites is 1. The van der Waals surface area contributed by atoms with E-state index in [0.29, 0.717) is 24.9 Å². The van der Waals surface area contributed by atoms with E-state index in [1.165, 1.54) is 0 Å². The molecule has 0 saturated carbocycles. The van der Waals surface area contributed by atoms with Crippen molar-refractivity contribution in [3.63, 3.8) is 0 Å². The number of ether oxygens (including phenoxy) is 3. The molecule has 31 heavy (non-hydrogen) atoms. The van der Waals surface area contributed by atoms with Crippen molar-refractivity contribution < 1.29 is 19.0 Å². The molecule has 0 aliphatic carbocycles. The van der Waals surface area contributed by atoms with Gasteiger partial charge in [0.15, 0.2) is 6.61 Å². The number of nitrogens with one attached hydrogen (secondary N) is 2. The SMILES string of the molecule is O=C(COc1ccccc1)N[C@H]1CO[C@H]2[C@@H]1OC[C@@H]2Nc1nccc(-c2cccs2)n1. The van der Waals surface area contributed by atoms with Crippen LogP contribution in [0.4, 0.5) is 5.95 Å². The van der Waals surface area contributed by atoms with Crippen LogP contribution in [-0.2, 0) is 14.3 Å². The van der Waals surface area contributed by atoms with Gasteiger partial charge in [-0.05, 0) is 29.6 Å². The van der Waals surface area contributed by atoms with E-state index in [0.717, 1.165) is 10.6 Å². The van der Waals surface area contributed by atoms with Crippen LogP contribution in [0.1, 0.15) is 0 Å². The van der Waals surface area contributed by atoms with Gasteiger partial charge in [-0.1, -0.05) is 24.3 Å². The van der Waals surface area contributed by atoms with Crippen molar-refractivity contribution in [1.82, 2.24) is 15.3 Å². The van der Waals surface area contributed by atoms with Crippen molar-refractivity contribution in [2.24, 2.45) is 0 Å². The number of carbonyl (C=O) groups excluding carboxylic acids is 1. The van der Waals surface area contributed by atoms with Crippen molar-refractivity contribution in [3.05, 3.63) is 60.1 Å². The Bertz CT molecular complexity index is 1020. The van der Waals surface area contributed by atoms with Gasteiger partial charge in [0.25, 0.3) is 5.91 Å². The summed E-state index contributed by atoms with van der Waals surface area (Å²) in [7, 11) is 0. The van der Waals surface area contributed by atoms with E-state index in [4.69, 9.17) is 14.2 Å². The average Bonchev–Trinajstić information content (AvgIpc) is 3.54. The first-order valence-electron chi connectivity index (χ1n) is 10.1. The monoisotopic (exact) mass is 438 g/mol. The molecule has 2 aromatic heterocycles. The van der Waals surface area contributed by atoms with E-state index in [9.17, 15) is 4.79 Å². The van der Waals surface area contributed by atoms with Gasteiger partial charge in [0.1, 0.15) is 18.0 Å². The number of rotatable bonds is 7. The van der Waals surface area contributed by atoms with Crippen LogP contribution in [0.5, 0.6) is 5.75 Å². The molecule has 2 saturated heterocycles. The van der Waals surface area contributed by atoms with E-state index < -0.39 is 0 Å². The summed E-state index contributed by atoms with van der Waals surface area (Å²) in [5.41, 5.74) is 0.874. The highest BCUT2D eigenvalue weighted by Gasteiger charge is 2.48. The lowest BCUT2D eigenvalue weighted by molar-refractivity contribution is -0.124. The predicted molar refractivity (Wildman–Crippen MR) is 116 cm³/mol. The Hall–Kier alpha value is -3.01. The maximum Gasteiger partial charge on any atom is 0.258 e. The zero-order valence-corrected chi connectivity index (χ0v) is 17.5. The molecule has 2 fully saturated rings. The minimum absolute atomic E-state index is 0.0526. The van der Waals surface area contributed by atoms with Crippen molar-refractivity contribution >= 4 is 23.2 Å². The number of carbonyl (C=O) groups is 1. The number of thiophene rings is 1. The van der Waals surface area contributed by atoms with Crippen LogP contribution in [0, 0.1) is 0 Å². The standard InChI is InChI=1S/C22H22N4O4S/c27-19(13-28-14-5-2-1-3-6-14)24-16-11-29-21-17(12-30-20(16)21)26-22-23-9-8-15(25-22)18-7-4-10-31-18/h1-10,16-17,20-21H,11-13H2,(H,24,27)(H,23,25,26)/t16-,17-,20+,21+/m0/s1. The summed E-state index contributed by atoms with van der Waals surface area (Å²) in [4.78, 5) is 22.3. The van der Waals surface area contributed by atoms with Gasteiger partial charge in [0.2, 0.25) is 5.95 Å². The third kappa shape index (κ3) is 4.53. The van der Waals surface area contributed by atoms with E-state index in [2.05, 4.69) is 20.6 Å². The fraction of sp³-hybridized carbons (Fsp3) is 0.318. The molecule has 4 heterocycles. The largest absolute Gasteiger partial charge is 0.484 e. The van der Waals surface area contributed by atoms with Crippen molar-refractivity contribution in [2.45, 2.75) is 24.3 Å². The number of hydrogen-bond acceptors (Lipinski definition) is 8. The molecular formula is C22H22N4O4S. The Morgan fingerprint density at radius 2 is 1.87 bits per heavy atom. The van der Waals surface area contributed by atoms with Crippen molar-refractivity contribution in [1.29, 1.82) is 0 Å². The maximum atomic E-state index is 12.3. The second-order valence-electron chi connectivity index (χ2n) is 7.37. The van der Waals surface area contributed by atoms with Crippen LogP contribution in [0.25, 0.3) is 10.6 Å². The van der Waals surface area contributed by atoms with Gasteiger partial charge in [-0.15, -0.1) is 11.3 Å². The van der Waals surface area contributed by atoms with Crippen LogP contribution in [0.3, 0.4) is 0 Å². The van der Waals surface area contributed by atoms with E-state index in [-0.39, 0.29) is 36.8 Å². The number of fused-ring (bicyclic) bond motifs is 1. The van der Waals surface area contributed by atoms with Gasteiger partial charge in [-0.25, -0.2) is 9.97 Å². The van der Waals surface area contributed by atoms with Gasteiger partial charge in [0, 0.05) is 6.20 Å². The van der Waals surface area contributed by atoms with Gasteiger partial charge >= 0.3 is 0 Å². The predicted octanol–water partition coefficient (Wildman–Crippen LogP) is 2.35. The molecule has 1 aromatic carbocycles. The molecule has 2 aliphatic rings. The zero-order chi connectivity index (χ0) is 21.0. The second-order valence-corrected chi connectivity index (χ2v) is 8.31. The van der Waals surface area contributed by atoms with Gasteiger partial charge in [-0.2, -0.15) is 0 Å². The lowest BCUT2D eigenvalue weighted by Crippen LogP contribution is -2.46. The van der Waals surface area contributed by atoms with Crippen LogP contribution in [0.15, 0.2) is 60.1 Å². The Labute approximate surface area is 183 Å². The highest BCUT2D eigenvalue weighted by Crippen LogP contribution is 2.29. The molecule has 3 aromatic rings. The number of aromatic nitrogens is 2. The third-order valence-electron chi connectivity index (χ3n) is 5.26. The molecule has 0 radical (unpaired) electrons. The average molecular weight is 439 g/mol. The summed E-state index contributed by atoms with van der Waals surface area (Å²) in [6.07, 6.45) is 1.33.